The number of sulfone groups is 1. The van der Waals surface area contributed by atoms with Crippen LogP contribution < -0.4 is 0 Å². The Bertz CT molecular complexity index is 915. The fourth-order valence-corrected chi connectivity index (χ4v) is 5.66. The minimum Gasteiger partial charge on any atom is -0.272 e. The monoisotopic (exact) mass is 362 g/mol. The average molecular weight is 363 g/mol. The SMILES string of the molecule is Cc1ccc(S(=O)(=O)CS(=O)(=O)n2ccnc2C(=O)Cl)cc1. The molecule has 0 saturated carbocycles. The lowest BCUT2D eigenvalue weighted by Crippen LogP contribution is -2.25. The second-order valence-electron chi connectivity index (χ2n) is 4.48. The van der Waals surface area contributed by atoms with E-state index < -0.39 is 36.0 Å². The minimum atomic E-state index is -4.35. The molecule has 0 aliphatic carbocycles. The quantitative estimate of drug-likeness (QED) is 0.740. The second-order valence-corrected chi connectivity index (χ2v) is 9.02. The van der Waals surface area contributed by atoms with Gasteiger partial charge in [-0.1, -0.05) is 17.7 Å². The summed E-state index contributed by atoms with van der Waals surface area (Å²) in [6.45, 7) is 1.77. The predicted octanol–water partition coefficient (Wildman–Crippen LogP) is 1.18. The molecular weight excluding hydrogens is 352 g/mol. The first kappa shape index (κ1) is 16.7. The van der Waals surface area contributed by atoms with Crippen LogP contribution in [-0.2, 0) is 19.9 Å². The molecule has 0 radical (unpaired) electrons. The van der Waals surface area contributed by atoms with Gasteiger partial charge in [-0.25, -0.2) is 25.8 Å². The highest BCUT2D eigenvalue weighted by Crippen LogP contribution is 2.16. The summed E-state index contributed by atoms with van der Waals surface area (Å²) in [5, 5.41) is -2.29. The molecule has 0 aliphatic rings. The first-order valence-electron chi connectivity index (χ1n) is 5.89. The third-order valence-corrected chi connectivity index (χ3v) is 7.25. The van der Waals surface area contributed by atoms with E-state index in [4.69, 9.17) is 11.6 Å². The highest BCUT2D eigenvalue weighted by atomic mass is 35.5. The van der Waals surface area contributed by atoms with E-state index in [1.807, 2.05) is 0 Å². The van der Waals surface area contributed by atoms with Gasteiger partial charge in [-0.3, -0.25) is 4.79 Å². The number of halogens is 1. The minimum absolute atomic E-state index is 0.124. The summed E-state index contributed by atoms with van der Waals surface area (Å²) in [6, 6.07) is 5.76. The van der Waals surface area contributed by atoms with E-state index in [1.54, 1.807) is 19.1 Å². The smallest absolute Gasteiger partial charge is 0.272 e. The number of carbonyl (C=O) groups excluding carboxylic acids is 1. The van der Waals surface area contributed by atoms with E-state index in [1.165, 1.54) is 12.1 Å². The summed E-state index contributed by atoms with van der Waals surface area (Å²) in [5.41, 5.74) is 0.839. The first-order chi connectivity index (χ1) is 10.1. The summed E-state index contributed by atoms with van der Waals surface area (Å²) in [6.07, 6.45) is 2.02. The summed E-state index contributed by atoms with van der Waals surface area (Å²) in [5.74, 6) is -0.555. The van der Waals surface area contributed by atoms with Crippen LogP contribution >= 0.6 is 11.6 Å². The zero-order valence-corrected chi connectivity index (χ0v) is 13.7. The van der Waals surface area contributed by atoms with E-state index in [9.17, 15) is 21.6 Å². The van der Waals surface area contributed by atoms with Gasteiger partial charge in [0.15, 0.2) is 14.9 Å². The third kappa shape index (κ3) is 3.37. The van der Waals surface area contributed by atoms with Crippen LogP contribution in [0.15, 0.2) is 41.6 Å². The molecule has 1 heterocycles. The zero-order chi connectivity index (χ0) is 16.5. The lowest BCUT2D eigenvalue weighted by molar-refractivity contribution is 0.107. The summed E-state index contributed by atoms with van der Waals surface area (Å²) in [4.78, 5) is 14.5. The van der Waals surface area contributed by atoms with Crippen LogP contribution in [-0.4, -0.2) is 36.1 Å². The molecule has 0 aliphatic heterocycles. The van der Waals surface area contributed by atoms with Crippen molar-refractivity contribution in [3.8, 4) is 0 Å². The number of rotatable bonds is 5. The van der Waals surface area contributed by atoms with Crippen molar-refractivity contribution in [2.45, 2.75) is 11.8 Å². The number of imidazole rings is 1. The molecule has 0 N–H and O–H groups in total. The van der Waals surface area contributed by atoms with Crippen LogP contribution in [0.25, 0.3) is 0 Å². The molecule has 7 nitrogen and oxygen atoms in total. The molecule has 1 aromatic heterocycles. The van der Waals surface area contributed by atoms with Gasteiger partial charge in [0.25, 0.3) is 15.3 Å². The Balaban J connectivity index is 2.42. The topological polar surface area (TPSA) is 103 Å². The van der Waals surface area contributed by atoms with Gasteiger partial charge in [0.2, 0.25) is 5.82 Å². The molecule has 0 atom stereocenters. The van der Waals surface area contributed by atoms with Crippen LogP contribution in [0.1, 0.15) is 16.2 Å². The molecule has 0 bridgehead atoms. The van der Waals surface area contributed by atoms with Gasteiger partial charge in [0, 0.05) is 12.4 Å². The van der Waals surface area contributed by atoms with Crippen LogP contribution in [0.3, 0.4) is 0 Å². The van der Waals surface area contributed by atoms with Gasteiger partial charge >= 0.3 is 0 Å². The second kappa shape index (κ2) is 5.82. The molecule has 22 heavy (non-hydrogen) atoms. The first-order valence-corrected chi connectivity index (χ1v) is 9.53. The van der Waals surface area contributed by atoms with Crippen LogP contribution in [0.2, 0.25) is 0 Å². The number of hydrogen-bond donors (Lipinski definition) is 0. The van der Waals surface area contributed by atoms with Gasteiger partial charge in [-0.05, 0) is 30.7 Å². The molecule has 0 saturated heterocycles. The van der Waals surface area contributed by atoms with Crippen LogP contribution in [0.4, 0.5) is 0 Å². The number of benzene rings is 1. The highest BCUT2D eigenvalue weighted by molar-refractivity contribution is 8.07. The molecule has 2 rings (SSSR count). The lowest BCUT2D eigenvalue weighted by Gasteiger charge is -2.08. The number of aryl methyl sites for hydroxylation is 1. The van der Waals surface area contributed by atoms with Crippen LogP contribution in [0.5, 0.6) is 0 Å². The van der Waals surface area contributed by atoms with E-state index in [2.05, 4.69) is 4.98 Å². The van der Waals surface area contributed by atoms with E-state index in [-0.39, 0.29) is 4.90 Å². The van der Waals surface area contributed by atoms with E-state index >= 15 is 0 Å². The van der Waals surface area contributed by atoms with Crippen molar-refractivity contribution in [1.29, 1.82) is 0 Å². The molecule has 0 fully saturated rings. The number of carbonyl (C=O) groups is 1. The van der Waals surface area contributed by atoms with Crippen molar-refractivity contribution >= 4 is 36.7 Å². The molecule has 2 aromatic rings. The zero-order valence-electron chi connectivity index (χ0n) is 11.3. The molecule has 1 aromatic carbocycles. The summed E-state index contributed by atoms with van der Waals surface area (Å²) >= 11 is 5.23. The maximum Gasteiger partial charge on any atom is 0.289 e. The Morgan fingerprint density at radius 3 is 2.32 bits per heavy atom. The third-order valence-electron chi connectivity index (χ3n) is 2.77. The molecular formula is C12H11ClN2O5S2. The van der Waals surface area contributed by atoms with Crippen LogP contribution in [0, 0.1) is 6.92 Å². The Morgan fingerprint density at radius 1 is 1.18 bits per heavy atom. The molecule has 0 amide bonds. The van der Waals surface area contributed by atoms with Crippen molar-refractivity contribution < 1.29 is 21.6 Å². The molecule has 0 spiro atoms. The van der Waals surface area contributed by atoms with Gasteiger partial charge in [-0.2, -0.15) is 0 Å². The van der Waals surface area contributed by atoms with Gasteiger partial charge in [0.05, 0.1) is 4.90 Å². The number of aromatic nitrogens is 2. The van der Waals surface area contributed by atoms with Gasteiger partial charge in [-0.15, -0.1) is 0 Å². The maximum absolute atomic E-state index is 12.2. The standard InChI is InChI=1S/C12H11ClN2O5S2/c1-9-2-4-10(5-3-9)21(17,18)8-22(19,20)15-7-6-14-12(15)11(13)16/h2-7H,8H2,1H3. The fourth-order valence-electron chi connectivity index (χ4n) is 1.72. The molecule has 10 heteroatoms. The predicted molar refractivity (Wildman–Crippen MR) is 80.0 cm³/mol. The average Bonchev–Trinajstić information content (AvgIpc) is 2.88. The van der Waals surface area contributed by atoms with E-state index in [0.717, 1.165) is 18.0 Å². The van der Waals surface area contributed by atoms with Crippen molar-refractivity contribution in [3.63, 3.8) is 0 Å². The Morgan fingerprint density at radius 2 is 1.77 bits per heavy atom. The lowest BCUT2D eigenvalue weighted by atomic mass is 10.2. The molecule has 118 valence electrons. The Labute approximate surface area is 132 Å². The largest absolute Gasteiger partial charge is 0.289 e. The van der Waals surface area contributed by atoms with Gasteiger partial charge < -0.3 is 0 Å². The fraction of sp³-hybridized carbons (Fsp3) is 0.167. The number of hydrogen-bond acceptors (Lipinski definition) is 6. The highest BCUT2D eigenvalue weighted by Gasteiger charge is 2.28. The summed E-state index contributed by atoms with van der Waals surface area (Å²) in [7, 11) is -8.44. The Kier molecular flexibility index (Phi) is 4.41. The van der Waals surface area contributed by atoms with Crippen molar-refractivity contribution in [2.75, 3.05) is 5.08 Å². The van der Waals surface area contributed by atoms with Crippen molar-refractivity contribution in [3.05, 3.63) is 48.0 Å². The van der Waals surface area contributed by atoms with Gasteiger partial charge in [0.1, 0.15) is 0 Å². The molecule has 0 unspecified atom stereocenters. The summed E-state index contributed by atoms with van der Waals surface area (Å²) < 4.78 is 49.3. The van der Waals surface area contributed by atoms with E-state index in [0.29, 0.717) is 3.97 Å². The Hall–Kier alpha value is -1.71. The normalized spacial score (nSPS) is 12.3. The number of nitrogens with zero attached hydrogens (tertiary/aromatic N) is 2. The maximum atomic E-state index is 12.2. The van der Waals surface area contributed by atoms with Crippen molar-refractivity contribution in [1.82, 2.24) is 8.96 Å². The van der Waals surface area contributed by atoms with Crippen molar-refractivity contribution in [2.24, 2.45) is 0 Å².